The Hall–Kier alpha value is -0.810. The third kappa shape index (κ3) is 5.08. The Labute approximate surface area is 145 Å². The van der Waals surface area contributed by atoms with E-state index in [1.54, 1.807) is 0 Å². The average molecular weight is 335 g/mol. The number of hydrogen-bond acceptors (Lipinski definition) is 5. The molecule has 0 saturated carbocycles. The second kappa shape index (κ2) is 8.88. The fraction of sp³-hybridized carbons (Fsp3) is 0.778. The molecule has 5 heteroatoms. The summed E-state index contributed by atoms with van der Waals surface area (Å²) in [5.74, 6) is 1.09. The molecule has 3 aliphatic heterocycles. The predicted octanol–water partition coefficient (Wildman–Crippen LogP) is 3.75. The maximum Gasteiger partial charge on any atom is 0.163 e. The van der Waals surface area contributed by atoms with Gasteiger partial charge in [-0.2, -0.15) is 0 Å². The van der Waals surface area contributed by atoms with Gasteiger partial charge in [-0.3, -0.25) is 4.99 Å². The standard InChI is InChI=1S/C18H30N4S/c1-16-8-15-23-18(20-10-9-19-16)22-13-5-6-17(7-14-22)21-11-3-2-4-12-21/h9-10,17H,2-8,11-15H2,1H3/b10-9+,19-16?,20-18?. The first kappa shape index (κ1) is 17.0. The Morgan fingerprint density at radius 3 is 2.65 bits per heavy atom. The quantitative estimate of drug-likeness (QED) is 0.732. The lowest BCUT2D eigenvalue weighted by Crippen LogP contribution is -2.40. The smallest absolute Gasteiger partial charge is 0.163 e. The average Bonchev–Trinajstić information content (AvgIpc) is 2.77. The predicted molar refractivity (Wildman–Crippen MR) is 101 cm³/mol. The molecular formula is C18H30N4S. The summed E-state index contributed by atoms with van der Waals surface area (Å²) in [5, 5.41) is 1.20. The molecule has 4 nitrogen and oxygen atoms in total. The number of rotatable bonds is 1. The highest BCUT2D eigenvalue weighted by Crippen LogP contribution is 2.23. The number of nitrogens with zero attached hydrogens (tertiary/aromatic N) is 4. The summed E-state index contributed by atoms with van der Waals surface area (Å²) >= 11 is 1.90. The molecule has 1 atom stereocenters. The van der Waals surface area contributed by atoms with Crippen LogP contribution in [0.3, 0.4) is 0 Å². The van der Waals surface area contributed by atoms with Gasteiger partial charge in [-0.25, -0.2) is 4.99 Å². The van der Waals surface area contributed by atoms with Crippen molar-refractivity contribution in [1.29, 1.82) is 0 Å². The van der Waals surface area contributed by atoms with Gasteiger partial charge in [0.2, 0.25) is 0 Å². The van der Waals surface area contributed by atoms with Crippen LogP contribution in [0.2, 0.25) is 0 Å². The van der Waals surface area contributed by atoms with Crippen molar-refractivity contribution in [3.05, 3.63) is 12.4 Å². The van der Waals surface area contributed by atoms with Crippen molar-refractivity contribution in [3.8, 4) is 0 Å². The molecule has 0 N–H and O–H groups in total. The molecule has 0 spiro atoms. The zero-order valence-electron chi connectivity index (χ0n) is 14.4. The van der Waals surface area contributed by atoms with Crippen LogP contribution >= 0.6 is 11.8 Å². The van der Waals surface area contributed by atoms with Crippen molar-refractivity contribution in [1.82, 2.24) is 9.80 Å². The van der Waals surface area contributed by atoms with Crippen LogP contribution in [0.15, 0.2) is 22.4 Å². The third-order valence-electron chi connectivity index (χ3n) is 5.12. The first-order valence-electron chi connectivity index (χ1n) is 9.21. The fourth-order valence-electron chi connectivity index (χ4n) is 3.74. The molecule has 0 aromatic heterocycles. The van der Waals surface area contributed by atoms with Gasteiger partial charge in [0.25, 0.3) is 0 Å². The van der Waals surface area contributed by atoms with Gasteiger partial charge in [-0.1, -0.05) is 18.2 Å². The largest absolute Gasteiger partial charge is 0.351 e. The minimum Gasteiger partial charge on any atom is -0.351 e. The molecule has 3 heterocycles. The van der Waals surface area contributed by atoms with Gasteiger partial charge in [-0.05, 0) is 58.5 Å². The van der Waals surface area contributed by atoms with E-state index in [0.29, 0.717) is 0 Å². The minimum absolute atomic E-state index is 0.795. The molecule has 2 fully saturated rings. The van der Waals surface area contributed by atoms with E-state index in [9.17, 15) is 0 Å². The summed E-state index contributed by atoms with van der Waals surface area (Å²) in [7, 11) is 0. The number of thioether (sulfide) groups is 1. The van der Waals surface area contributed by atoms with Crippen molar-refractivity contribution in [2.24, 2.45) is 9.98 Å². The van der Waals surface area contributed by atoms with Gasteiger partial charge in [0.15, 0.2) is 5.17 Å². The Balaban J connectivity index is 1.58. The first-order chi connectivity index (χ1) is 11.3. The maximum absolute atomic E-state index is 4.68. The summed E-state index contributed by atoms with van der Waals surface area (Å²) in [6.45, 7) is 7.05. The van der Waals surface area contributed by atoms with Gasteiger partial charge >= 0.3 is 0 Å². The van der Waals surface area contributed by atoms with E-state index < -0.39 is 0 Å². The van der Waals surface area contributed by atoms with Gasteiger partial charge in [0.05, 0.1) is 0 Å². The molecule has 3 rings (SSSR count). The lowest BCUT2D eigenvalue weighted by atomic mass is 10.0. The summed E-state index contributed by atoms with van der Waals surface area (Å²) in [6.07, 6.45) is 12.9. The molecule has 0 bridgehead atoms. The van der Waals surface area contributed by atoms with Crippen LogP contribution in [0.1, 0.15) is 51.9 Å². The van der Waals surface area contributed by atoms with E-state index >= 15 is 0 Å². The topological polar surface area (TPSA) is 31.2 Å². The number of amidine groups is 1. The van der Waals surface area contributed by atoms with Gasteiger partial charge in [-0.15, -0.1) is 0 Å². The summed E-state index contributed by atoms with van der Waals surface area (Å²) < 4.78 is 0. The van der Waals surface area contributed by atoms with E-state index in [2.05, 4.69) is 26.7 Å². The Kier molecular flexibility index (Phi) is 6.57. The van der Waals surface area contributed by atoms with E-state index in [0.717, 1.165) is 31.3 Å². The molecule has 0 amide bonds. The third-order valence-corrected chi connectivity index (χ3v) is 6.15. The van der Waals surface area contributed by atoms with Crippen molar-refractivity contribution >= 4 is 22.6 Å². The molecule has 0 aliphatic carbocycles. The Morgan fingerprint density at radius 1 is 0.957 bits per heavy atom. The Bertz CT molecular complexity index is 466. The Morgan fingerprint density at radius 2 is 1.78 bits per heavy atom. The van der Waals surface area contributed by atoms with Crippen LogP contribution in [-0.2, 0) is 0 Å². The van der Waals surface area contributed by atoms with Crippen molar-refractivity contribution < 1.29 is 0 Å². The molecule has 0 aromatic carbocycles. The minimum atomic E-state index is 0.795. The highest BCUT2D eigenvalue weighted by atomic mass is 32.2. The van der Waals surface area contributed by atoms with E-state index in [4.69, 9.17) is 0 Å². The molecule has 0 radical (unpaired) electrons. The normalized spacial score (nSPS) is 29.6. The molecule has 23 heavy (non-hydrogen) atoms. The highest BCUT2D eigenvalue weighted by Gasteiger charge is 2.25. The van der Waals surface area contributed by atoms with E-state index in [1.807, 2.05) is 24.2 Å². The monoisotopic (exact) mass is 334 g/mol. The van der Waals surface area contributed by atoms with Crippen LogP contribution in [-0.4, -0.2) is 58.7 Å². The van der Waals surface area contributed by atoms with Crippen LogP contribution < -0.4 is 0 Å². The fourth-order valence-corrected chi connectivity index (χ4v) is 4.82. The molecule has 1 unspecified atom stereocenters. The van der Waals surface area contributed by atoms with Crippen molar-refractivity contribution in [3.63, 3.8) is 0 Å². The molecule has 0 aromatic rings. The van der Waals surface area contributed by atoms with Crippen LogP contribution in [0.5, 0.6) is 0 Å². The van der Waals surface area contributed by atoms with Crippen LogP contribution in [0, 0.1) is 0 Å². The SMILES string of the molecule is CC1=N/C=C/N=C(N2CCCC(N3CCCCC3)CC2)SCC1. The number of aliphatic imine (C=N–C) groups is 2. The molecular weight excluding hydrogens is 304 g/mol. The zero-order chi connectivity index (χ0) is 15.9. The van der Waals surface area contributed by atoms with Crippen molar-refractivity contribution in [2.45, 2.75) is 57.9 Å². The van der Waals surface area contributed by atoms with Crippen LogP contribution in [0.25, 0.3) is 0 Å². The summed E-state index contributed by atoms with van der Waals surface area (Å²) in [5.41, 5.74) is 1.20. The molecule has 2 saturated heterocycles. The second-order valence-corrected chi connectivity index (χ2v) is 7.90. The van der Waals surface area contributed by atoms with Crippen molar-refractivity contribution in [2.75, 3.05) is 31.9 Å². The number of hydrogen-bond donors (Lipinski definition) is 0. The molecule has 3 aliphatic rings. The lowest BCUT2D eigenvalue weighted by Gasteiger charge is -2.34. The van der Waals surface area contributed by atoms with Gasteiger partial charge in [0.1, 0.15) is 0 Å². The van der Waals surface area contributed by atoms with E-state index in [1.165, 1.54) is 62.5 Å². The highest BCUT2D eigenvalue weighted by molar-refractivity contribution is 8.13. The zero-order valence-corrected chi connectivity index (χ0v) is 15.2. The maximum atomic E-state index is 4.68. The lowest BCUT2D eigenvalue weighted by molar-refractivity contribution is 0.150. The number of piperidine rings is 1. The summed E-state index contributed by atoms with van der Waals surface area (Å²) in [4.78, 5) is 14.4. The summed E-state index contributed by atoms with van der Waals surface area (Å²) in [6, 6.07) is 0.795. The van der Waals surface area contributed by atoms with Crippen LogP contribution in [0.4, 0.5) is 0 Å². The number of likely N-dealkylation sites (tertiary alicyclic amines) is 2. The first-order valence-corrected chi connectivity index (χ1v) is 10.2. The second-order valence-electron chi connectivity index (χ2n) is 6.84. The van der Waals surface area contributed by atoms with E-state index in [-0.39, 0.29) is 0 Å². The molecule has 128 valence electrons. The van der Waals surface area contributed by atoms with Gasteiger partial charge in [0, 0.05) is 43.0 Å². The van der Waals surface area contributed by atoms with Gasteiger partial charge < -0.3 is 9.80 Å².